The van der Waals surface area contributed by atoms with Gasteiger partial charge in [-0.3, -0.25) is 9.59 Å². The highest BCUT2D eigenvalue weighted by atomic mass is 79.9. The first-order valence-corrected chi connectivity index (χ1v) is 16.1. The second kappa shape index (κ2) is 14.1. The minimum absolute atomic E-state index is 0.0867. The van der Waals surface area contributed by atoms with Crippen LogP contribution >= 0.6 is 15.9 Å². The first-order valence-electron chi connectivity index (χ1n) is 13.9. The number of carbonyl (C=O) groups is 2. The molecule has 4 aromatic rings. The molecule has 0 aliphatic rings. The lowest BCUT2D eigenvalue weighted by molar-refractivity contribution is -0.141. The number of benzene rings is 4. The van der Waals surface area contributed by atoms with Gasteiger partial charge in [0.1, 0.15) is 6.04 Å². The summed E-state index contributed by atoms with van der Waals surface area (Å²) < 4.78 is 29.1. The predicted octanol–water partition coefficient (Wildman–Crippen LogP) is 5.78. The third-order valence-corrected chi connectivity index (χ3v) is 9.65. The zero-order chi connectivity index (χ0) is 30.3. The van der Waals surface area contributed by atoms with Crippen molar-refractivity contribution >= 4 is 48.5 Å². The van der Waals surface area contributed by atoms with Gasteiger partial charge in [-0.1, -0.05) is 95.7 Å². The molecule has 0 aliphatic heterocycles. The second-order valence-corrected chi connectivity index (χ2v) is 13.4. The number of hydrogen-bond donors (Lipinski definition) is 1. The Kier molecular flexibility index (Phi) is 10.5. The summed E-state index contributed by atoms with van der Waals surface area (Å²) in [6, 6.07) is 28.5. The zero-order valence-corrected chi connectivity index (χ0v) is 26.4. The Morgan fingerprint density at radius 2 is 1.50 bits per heavy atom. The van der Waals surface area contributed by atoms with Gasteiger partial charge in [0.2, 0.25) is 21.8 Å². The van der Waals surface area contributed by atoms with E-state index in [4.69, 9.17) is 0 Å². The Morgan fingerprint density at radius 1 is 0.857 bits per heavy atom. The number of sulfonamides is 1. The van der Waals surface area contributed by atoms with Crippen LogP contribution in [0.1, 0.15) is 31.4 Å². The normalized spacial score (nSPS) is 13.1. The molecule has 0 bridgehead atoms. The van der Waals surface area contributed by atoms with Crippen molar-refractivity contribution in [3.05, 3.63) is 113 Å². The van der Waals surface area contributed by atoms with E-state index < -0.39 is 28.5 Å². The molecule has 0 saturated carbocycles. The third-order valence-electron chi connectivity index (χ3n) is 7.33. The molecule has 0 aromatic heterocycles. The molecule has 0 saturated heterocycles. The Labute approximate surface area is 256 Å². The molecule has 1 N–H and O–H groups in total. The number of amides is 2. The first kappa shape index (κ1) is 31.4. The molecular formula is C33H36BrN3O4S. The van der Waals surface area contributed by atoms with Crippen molar-refractivity contribution in [1.82, 2.24) is 14.5 Å². The van der Waals surface area contributed by atoms with E-state index in [9.17, 15) is 18.0 Å². The van der Waals surface area contributed by atoms with Crippen molar-refractivity contribution in [3.63, 3.8) is 0 Å². The molecule has 4 rings (SSSR count). The first-order chi connectivity index (χ1) is 20.1. The molecule has 2 amide bonds. The van der Waals surface area contributed by atoms with Crippen LogP contribution in [0.3, 0.4) is 0 Å². The number of carbonyl (C=O) groups excluding carboxylic acids is 2. The fraction of sp³-hybridized carbons (Fsp3) is 0.273. The lowest BCUT2D eigenvalue weighted by Gasteiger charge is -2.33. The van der Waals surface area contributed by atoms with Crippen molar-refractivity contribution < 1.29 is 18.0 Å². The van der Waals surface area contributed by atoms with Gasteiger partial charge in [0.25, 0.3) is 0 Å². The van der Waals surface area contributed by atoms with Gasteiger partial charge >= 0.3 is 0 Å². The molecule has 0 unspecified atom stereocenters. The quantitative estimate of drug-likeness (QED) is 0.211. The highest BCUT2D eigenvalue weighted by Crippen LogP contribution is 2.23. The smallest absolute Gasteiger partial charge is 0.243 e. The van der Waals surface area contributed by atoms with E-state index in [1.54, 1.807) is 18.2 Å². The van der Waals surface area contributed by atoms with Gasteiger partial charge in [-0.15, -0.1) is 0 Å². The second-order valence-electron chi connectivity index (χ2n) is 10.4. The average Bonchev–Trinajstić information content (AvgIpc) is 2.99. The van der Waals surface area contributed by atoms with Crippen LogP contribution in [0.5, 0.6) is 0 Å². The minimum Gasteiger partial charge on any atom is -0.352 e. The van der Waals surface area contributed by atoms with E-state index in [1.807, 2.05) is 92.7 Å². The average molecular weight is 651 g/mol. The third kappa shape index (κ3) is 7.85. The summed E-state index contributed by atoms with van der Waals surface area (Å²) in [6.45, 7) is 3.62. The molecule has 0 aliphatic carbocycles. The van der Waals surface area contributed by atoms with Gasteiger partial charge in [-0.25, -0.2) is 8.42 Å². The van der Waals surface area contributed by atoms with Crippen molar-refractivity contribution in [2.45, 2.75) is 50.2 Å². The molecule has 42 heavy (non-hydrogen) atoms. The number of hydrogen-bond acceptors (Lipinski definition) is 4. The van der Waals surface area contributed by atoms with Gasteiger partial charge in [0.05, 0.1) is 11.4 Å². The van der Waals surface area contributed by atoms with Crippen molar-refractivity contribution in [3.8, 4) is 0 Å². The van der Waals surface area contributed by atoms with E-state index >= 15 is 0 Å². The van der Waals surface area contributed by atoms with Gasteiger partial charge in [-0.2, -0.15) is 4.31 Å². The maximum Gasteiger partial charge on any atom is 0.243 e. The van der Waals surface area contributed by atoms with Crippen LogP contribution in [-0.2, 0) is 32.6 Å². The van der Waals surface area contributed by atoms with E-state index in [0.717, 1.165) is 37.1 Å². The largest absolute Gasteiger partial charge is 0.352 e. The van der Waals surface area contributed by atoms with Gasteiger partial charge < -0.3 is 10.2 Å². The molecular weight excluding hydrogens is 614 g/mol. The summed E-state index contributed by atoms with van der Waals surface area (Å²) in [7, 11) is -2.59. The van der Waals surface area contributed by atoms with Crippen LogP contribution in [0.25, 0.3) is 10.8 Å². The zero-order valence-electron chi connectivity index (χ0n) is 24.0. The Hall–Kier alpha value is -3.53. The summed E-state index contributed by atoms with van der Waals surface area (Å²) in [5.41, 5.74) is 1.72. The molecule has 7 nitrogen and oxygen atoms in total. The number of nitrogens with one attached hydrogen (secondary N) is 1. The standard InChI is InChI=1S/C33H36BrN3O4S/c1-4-24(2)35-33(39)31(20-25-10-6-5-7-11-25)37(22-26-14-17-29(34)18-15-26)32(38)23-36(3)42(40,41)30-19-16-27-12-8-9-13-28(27)21-30/h5-19,21,24,31H,4,20,22-23H2,1-3H3,(H,35,39)/t24-,31+/m1/s1. The van der Waals surface area contributed by atoms with E-state index in [-0.39, 0.29) is 29.8 Å². The lowest BCUT2D eigenvalue weighted by Crippen LogP contribution is -2.54. The van der Waals surface area contributed by atoms with E-state index in [1.165, 1.54) is 11.9 Å². The maximum atomic E-state index is 14.0. The van der Waals surface area contributed by atoms with E-state index in [0.29, 0.717) is 0 Å². The summed E-state index contributed by atoms with van der Waals surface area (Å²) in [6.07, 6.45) is 1.02. The van der Waals surface area contributed by atoms with Crippen molar-refractivity contribution in [1.29, 1.82) is 0 Å². The van der Waals surface area contributed by atoms with Gasteiger partial charge in [0, 0.05) is 30.5 Å². The van der Waals surface area contributed by atoms with Crippen LogP contribution in [0.15, 0.2) is 106 Å². The highest BCUT2D eigenvalue weighted by molar-refractivity contribution is 9.10. The monoisotopic (exact) mass is 649 g/mol. The maximum absolute atomic E-state index is 14.0. The molecule has 0 spiro atoms. The van der Waals surface area contributed by atoms with Crippen LogP contribution in [0.2, 0.25) is 0 Å². The fourth-order valence-electron chi connectivity index (χ4n) is 4.66. The molecule has 0 heterocycles. The molecule has 0 radical (unpaired) electrons. The van der Waals surface area contributed by atoms with Crippen molar-refractivity contribution in [2.75, 3.05) is 13.6 Å². The summed E-state index contributed by atoms with van der Waals surface area (Å²) in [4.78, 5) is 29.3. The molecule has 9 heteroatoms. The Balaban J connectivity index is 1.67. The van der Waals surface area contributed by atoms with Crippen LogP contribution in [-0.4, -0.2) is 55.1 Å². The number of rotatable bonds is 12. The minimum atomic E-state index is -3.99. The van der Waals surface area contributed by atoms with Crippen LogP contribution < -0.4 is 5.32 Å². The SMILES string of the molecule is CC[C@@H](C)NC(=O)[C@H](Cc1ccccc1)N(Cc1ccc(Br)cc1)C(=O)CN(C)S(=O)(=O)c1ccc2ccccc2c1. The molecule has 4 aromatic carbocycles. The summed E-state index contributed by atoms with van der Waals surface area (Å²) in [5.74, 6) is -0.747. The molecule has 0 fully saturated rings. The molecule has 2 atom stereocenters. The van der Waals surface area contributed by atoms with Crippen molar-refractivity contribution in [2.24, 2.45) is 0 Å². The number of nitrogens with zero attached hydrogens (tertiary/aromatic N) is 2. The number of fused-ring (bicyclic) bond motifs is 1. The van der Waals surface area contributed by atoms with Gasteiger partial charge in [0.15, 0.2) is 0 Å². The summed E-state index contributed by atoms with van der Waals surface area (Å²) in [5, 5.41) is 4.75. The van der Waals surface area contributed by atoms with Crippen LogP contribution in [0.4, 0.5) is 0 Å². The number of likely N-dealkylation sites (N-methyl/N-ethyl adjacent to an activating group) is 1. The topological polar surface area (TPSA) is 86.8 Å². The summed E-state index contributed by atoms with van der Waals surface area (Å²) >= 11 is 3.45. The fourth-order valence-corrected chi connectivity index (χ4v) is 6.08. The van der Waals surface area contributed by atoms with E-state index in [2.05, 4.69) is 21.2 Å². The predicted molar refractivity (Wildman–Crippen MR) is 170 cm³/mol. The van der Waals surface area contributed by atoms with Gasteiger partial charge in [-0.05, 0) is 59.5 Å². The van der Waals surface area contributed by atoms with Crippen LogP contribution in [0, 0.1) is 0 Å². The lowest BCUT2D eigenvalue weighted by atomic mass is 10.0. The Bertz CT molecular complexity index is 1630. The molecule has 220 valence electrons. The highest BCUT2D eigenvalue weighted by Gasteiger charge is 2.33. The number of halogens is 1. The Morgan fingerprint density at radius 3 is 2.17 bits per heavy atom.